The van der Waals surface area contributed by atoms with Gasteiger partial charge in [-0.2, -0.15) is 0 Å². The molecule has 31 heteroatoms. The molecule has 0 spiro atoms. The lowest BCUT2D eigenvalue weighted by molar-refractivity contribution is -0.157. The predicted molar refractivity (Wildman–Crippen MR) is 293 cm³/mol. The third-order valence-corrected chi connectivity index (χ3v) is 12.5. The number of aromatic nitrogens is 3. The highest BCUT2D eigenvalue weighted by Crippen LogP contribution is 2.31. The highest BCUT2D eigenvalue weighted by molar-refractivity contribution is 8.00. The highest BCUT2D eigenvalue weighted by Gasteiger charge is 2.33. The van der Waals surface area contributed by atoms with Crippen LogP contribution in [0.1, 0.15) is 59.7 Å². The average Bonchev–Trinajstić information content (AvgIpc) is 3.76. The molecule has 30 nitrogen and oxygen atoms in total. The largest absolute Gasteiger partial charge is 0.481 e. The van der Waals surface area contributed by atoms with Gasteiger partial charge >= 0.3 is 11.9 Å². The van der Waals surface area contributed by atoms with Gasteiger partial charge in [0.1, 0.15) is 41.7 Å². The van der Waals surface area contributed by atoms with Crippen molar-refractivity contribution < 1.29 is 81.5 Å². The maximum Gasteiger partial charge on any atom is 0.326 e. The quantitative estimate of drug-likeness (QED) is 0.0197. The van der Waals surface area contributed by atoms with Crippen molar-refractivity contribution in [1.82, 2.24) is 51.8 Å². The van der Waals surface area contributed by atoms with Gasteiger partial charge in [-0.1, -0.05) is 18.2 Å². The summed E-state index contributed by atoms with van der Waals surface area (Å²) in [5.41, 5.74) is 16.1. The first-order chi connectivity index (χ1) is 38.5. The SMILES string of the molecule is CCOCc1nc2c(N)nc3ccccc3c2n1CC(C)(C)OC(=O)CNC(=O)C(C)(C)NC(=O)CCNC(=O)C(CC(=O)O)SCC(NC(=O)CCOCCOCCOCCOCCNC(=O)CNC(=O)CNC(=O)CN)C(N)=O. The van der Waals surface area contributed by atoms with Crippen LogP contribution in [0.15, 0.2) is 24.3 Å². The summed E-state index contributed by atoms with van der Waals surface area (Å²) >= 11 is 0.763. The van der Waals surface area contributed by atoms with Crippen LogP contribution < -0.4 is 54.4 Å². The van der Waals surface area contributed by atoms with Crippen molar-refractivity contribution in [3.8, 4) is 0 Å². The van der Waals surface area contributed by atoms with E-state index in [9.17, 15) is 53.1 Å². The number of carboxylic acid groups (broad SMARTS) is 1. The monoisotopic (exact) mass is 1160 g/mol. The van der Waals surface area contributed by atoms with Crippen molar-refractivity contribution in [2.45, 2.75) is 89.5 Å². The molecule has 81 heavy (non-hydrogen) atoms. The molecule has 14 N–H and O–H groups in total. The lowest BCUT2D eigenvalue weighted by Crippen LogP contribution is -2.56. The summed E-state index contributed by atoms with van der Waals surface area (Å²) in [7, 11) is 0. The zero-order valence-electron chi connectivity index (χ0n) is 46.3. The van der Waals surface area contributed by atoms with Crippen LogP contribution >= 0.6 is 11.8 Å². The second-order valence-electron chi connectivity index (χ2n) is 18.8. The maximum atomic E-state index is 13.2. The van der Waals surface area contributed by atoms with Crippen molar-refractivity contribution in [2.24, 2.45) is 11.5 Å². The van der Waals surface area contributed by atoms with E-state index in [-0.39, 0.29) is 123 Å². The summed E-state index contributed by atoms with van der Waals surface area (Å²) < 4.78 is 35.0. The molecule has 0 fully saturated rings. The van der Waals surface area contributed by atoms with Gasteiger partial charge in [-0.15, -0.1) is 11.8 Å². The fourth-order valence-corrected chi connectivity index (χ4v) is 8.36. The van der Waals surface area contributed by atoms with E-state index < -0.39 is 94.6 Å². The normalized spacial score (nSPS) is 12.2. The van der Waals surface area contributed by atoms with Crippen LogP contribution in [-0.4, -0.2) is 206 Å². The number of carbonyl (C=O) groups excluding carboxylic acids is 9. The fraction of sp³-hybridized carbons (Fsp3) is 0.600. The standard InChI is InChI=1S/C50H77N13O17S/c1-6-75-28-35-61-43-44(31-9-7-8-10-32(31)60-45(43)52)63(35)30-49(2,3)80-42(71)27-58-48(74)50(4,5)62-37(65)11-13-55-47(73)34(23-41(69)70)81-29-33(46(53)72)59-36(64)12-15-76-17-19-78-21-22-79-20-18-77-16-14-54-39(67)25-57-40(68)26-56-38(66)24-51/h7-10,33-34H,6,11-30,51H2,1-5H3,(H2,52,60)(H2,53,72)(H,54,67)(H,55,73)(H,56,66)(H,57,68)(H,58,74)(H,59,64)(H,62,65)(H,69,70). The first-order valence-electron chi connectivity index (χ1n) is 25.9. The minimum absolute atomic E-state index is 0.0324. The number of aliphatic carboxylic acids is 1. The Bertz CT molecular complexity index is 2620. The number of nitrogen functional groups attached to an aromatic ring is 1. The number of ether oxygens (including phenoxy) is 6. The van der Waals surface area contributed by atoms with Crippen molar-refractivity contribution in [2.75, 3.05) is 110 Å². The fourth-order valence-electron chi connectivity index (χ4n) is 7.19. The number of pyridine rings is 1. The lowest BCUT2D eigenvalue weighted by atomic mass is 10.0. The average molecular weight is 1160 g/mol. The van der Waals surface area contributed by atoms with E-state index in [0.29, 0.717) is 29.0 Å². The number of thioether (sulfide) groups is 1. The van der Waals surface area contributed by atoms with Crippen LogP contribution in [0, 0.1) is 0 Å². The number of para-hydroxylation sites is 1. The molecule has 2 aromatic heterocycles. The number of amides is 8. The number of rotatable bonds is 41. The maximum absolute atomic E-state index is 13.2. The molecule has 2 unspecified atom stereocenters. The number of carbonyl (C=O) groups is 10. The number of fused-ring (bicyclic) bond motifs is 3. The zero-order chi connectivity index (χ0) is 60.0. The number of esters is 1. The van der Waals surface area contributed by atoms with Crippen molar-refractivity contribution >= 4 is 98.7 Å². The molecule has 0 aliphatic carbocycles. The molecule has 0 aliphatic heterocycles. The summed E-state index contributed by atoms with van der Waals surface area (Å²) in [6, 6.07) is 6.15. The van der Waals surface area contributed by atoms with E-state index >= 15 is 0 Å². The van der Waals surface area contributed by atoms with Crippen LogP contribution in [0.5, 0.6) is 0 Å². The van der Waals surface area contributed by atoms with Crippen LogP contribution in [0.2, 0.25) is 0 Å². The number of hydrogen-bond donors (Lipinski definition) is 11. The van der Waals surface area contributed by atoms with Gasteiger partial charge in [0.2, 0.25) is 47.3 Å². The number of anilines is 1. The van der Waals surface area contributed by atoms with E-state index in [0.717, 1.165) is 17.1 Å². The third-order valence-electron chi connectivity index (χ3n) is 11.1. The Morgan fingerprint density at radius 1 is 0.716 bits per heavy atom. The van der Waals surface area contributed by atoms with E-state index in [2.05, 4.69) is 42.2 Å². The number of carboxylic acids is 1. The molecule has 0 aliphatic rings. The minimum atomic E-state index is -1.53. The molecule has 2 heterocycles. The lowest BCUT2D eigenvalue weighted by Gasteiger charge is -2.28. The Morgan fingerprint density at radius 3 is 1.96 bits per heavy atom. The Balaban J connectivity index is 1.30. The van der Waals surface area contributed by atoms with Gasteiger partial charge in [-0.25, -0.2) is 9.97 Å². The van der Waals surface area contributed by atoms with Crippen molar-refractivity contribution in [3.05, 3.63) is 30.1 Å². The molecule has 2 atom stereocenters. The van der Waals surface area contributed by atoms with E-state index in [1.54, 1.807) is 13.8 Å². The Kier molecular flexibility index (Phi) is 29.7. The molecular weight excluding hydrogens is 1090 g/mol. The number of benzene rings is 1. The van der Waals surface area contributed by atoms with Crippen LogP contribution in [0.3, 0.4) is 0 Å². The molecule has 0 bridgehead atoms. The van der Waals surface area contributed by atoms with E-state index in [4.69, 9.17) is 50.6 Å². The van der Waals surface area contributed by atoms with E-state index in [1.165, 1.54) is 13.8 Å². The third kappa shape index (κ3) is 25.8. The van der Waals surface area contributed by atoms with Gasteiger partial charge in [0.25, 0.3) is 0 Å². The first kappa shape index (κ1) is 68.0. The van der Waals surface area contributed by atoms with Crippen LogP contribution in [-0.2, 0) is 89.5 Å². The first-order valence-corrected chi connectivity index (χ1v) is 26.9. The van der Waals surface area contributed by atoms with Gasteiger partial charge in [-0.3, -0.25) is 47.9 Å². The predicted octanol–water partition coefficient (Wildman–Crippen LogP) is -3.15. The number of nitrogens with zero attached hydrogens (tertiary/aromatic N) is 3. The number of nitrogens with two attached hydrogens (primary N) is 3. The summed E-state index contributed by atoms with van der Waals surface area (Å²) in [6.45, 7) is 8.93. The number of imidazole rings is 1. The molecule has 0 saturated heterocycles. The van der Waals surface area contributed by atoms with Gasteiger partial charge in [-0.05, 0) is 40.7 Å². The molecule has 3 rings (SSSR count). The molecule has 0 saturated carbocycles. The zero-order valence-corrected chi connectivity index (χ0v) is 47.1. The van der Waals surface area contributed by atoms with Gasteiger partial charge in [0.15, 0.2) is 5.82 Å². The van der Waals surface area contributed by atoms with Gasteiger partial charge in [0.05, 0.1) is 102 Å². The smallest absolute Gasteiger partial charge is 0.326 e. The second-order valence-corrected chi connectivity index (χ2v) is 20.1. The number of primary amides is 1. The van der Waals surface area contributed by atoms with Crippen LogP contribution in [0.25, 0.3) is 21.9 Å². The molecule has 3 aromatic rings. The van der Waals surface area contributed by atoms with Gasteiger partial charge in [0, 0.05) is 43.7 Å². The van der Waals surface area contributed by atoms with Crippen molar-refractivity contribution in [1.29, 1.82) is 0 Å². The minimum Gasteiger partial charge on any atom is -0.481 e. The summed E-state index contributed by atoms with van der Waals surface area (Å²) in [6.07, 6.45) is -1.15. The molecule has 1 aromatic carbocycles. The number of nitrogens with one attached hydrogen (secondary N) is 7. The molecule has 8 amide bonds. The molecule has 0 radical (unpaired) electrons. The Hall–Kier alpha value is -7.29. The van der Waals surface area contributed by atoms with Crippen molar-refractivity contribution in [3.63, 3.8) is 0 Å². The van der Waals surface area contributed by atoms with Crippen LogP contribution in [0.4, 0.5) is 5.82 Å². The highest BCUT2D eigenvalue weighted by atomic mass is 32.2. The molecule has 450 valence electrons. The van der Waals surface area contributed by atoms with Gasteiger partial charge < -0.3 is 92.5 Å². The molecular formula is C50H77N13O17S. The summed E-state index contributed by atoms with van der Waals surface area (Å²) in [5, 5.41) is 26.2. The number of hydrogen-bond acceptors (Lipinski definition) is 21. The topological polar surface area (TPSA) is 439 Å². The Labute approximate surface area is 471 Å². The summed E-state index contributed by atoms with van der Waals surface area (Å²) in [5.74, 6) is -6.70. The summed E-state index contributed by atoms with van der Waals surface area (Å²) in [4.78, 5) is 132. The Morgan fingerprint density at radius 2 is 1.33 bits per heavy atom. The van der Waals surface area contributed by atoms with E-state index in [1.807, 2.05) is 35.8 Å². The second kappa shape index (κ2) is 35.4.